The molecular formula is C10H10N6O2S. The van der Waals surface area contributed by atoms with E-state index >= 15 is 0 Å². The Morgan fingerprint density at radius 2 is 2.26 bits per heavy atom. The number of pyridine rings is 1. The van der Waals surface area contributed by atoms with Crippen LogP contribution in [0.15, 0.2) is 35.6 Å². The molecule has 2 rings (SSSR count). The summed E-state index contributed by atoms with van der Waals surface area (Å²) in [6.07, 6.45) is 4.50. The van der Waals surface area contributed by atoms with Crippen LogP contribution in [0.4, 0.5) is 0 Å². The van der Waals surface area contributed by atoms with E-state index in [0.717, 1.165) is 0 Å². The van der Waals surface area contributed by atoms with Crippen LogP contribution in [0.2, 0.25) is 0 Å². The highest BCUT2D eigenvalue weighted by Crippen LogP contribution is 2.11. The molecule has 0 amide bonds. The van der Waals surface area contributed by atoms with Crippen LogP contribution in [-0.2, 0) is 16.6 Å². The van der Waals surface area contributed by atoms with Crippen LogP contribution < -0.4 is 4.72 Å². The average molecular weight is 278 g/mol. The lowest BCUT2D eigenvalue weighted by Gasteiger charge is -2.07. The third kappa shape index (κ3) is 3.12. The molecule has 0 saturated heterocycles. The van der Waals surface area contributed by atoms with E-state index in [1.165, 1.54) is 29.2 Å². The van der Waals surface area contributed by atoms with Crippen molar-refractivity contribution >= 4 is 10.0 Å². The van der Waals surface area contributed by atoms with E-state index in [-0.39, 0.29) is 17.1 Å². The van der Waals surface area contributed by atoms with E-state index in [9.17, 15) is 8.42 Å². The van der Waals surface area contributed by atoms with Gasteiger partial charge in [0.1, 0.15) is 11.0 Å². The van der Waals surface area contributed by atoms with Crippen LogP contribution in [0.25, 0.3) is 0 Å². The van der Waals surface area contributed by atoms with Gasteiger partial charge in [-0.05, 0) is 12.1 Å². The van der Waals surface area contributed by atoms with E-state index in [1.54, 1.807) is 12.3 Å². The Balaban J connectivity index is 2.08. The Hall–Kier alpha value is -2.31. The summed E-state index contributed by atoms with van der Waals surface area (Å²) in [6, 6.07) is 4.55. The second-order valence-electron chi connectivity index (χ2n) is 3.53. The zero-order chi connectivity index (χ0) is 13.7. The van der Waals surface area contributed by atoms with Crippen molar-refractivity contribution in [2.75, 3.05) is 6.54 Å². The summed E-state index contributed by atoms with van der Waals surface area (Å²) < 4.78 is 27.9. The van der Waals surface area contributed by atoms with Gasteiger partial charge in [0.2, 0.25) is 10.0 Å². The second-order valence-corrected chi connectivity index (χ2v) is 5.26. The number of rotatable bonds is 5. The molecule has 0 fully saturated rings. The average Bonchev–Trinajstić information content (AvgIpc) is 2.91. The first-order valence-electron chi connectivity index (χ1n) is 5.32. The minimum atomic E-state index is -3.75. The van der Waals surface area contributed by atoms with Gasteiger partial charge in [-0.2, -0.15) is 5.26 Å². The molecule has 0 spiro atoms. The maximum Gasteiger partial charge on any atom is 0.243 e. The van der Waals surface area contributed by atoms with Crippen molar-refractivity contribution in [1.82, 2.24) is 24.7 Å². The Labute approximate surface area is 109 Å². The molecule has 19 heavy (non-hydrogen) atoms. The Kier molecular flexibility index (Phi) is 3.84. The number of hydrogen-bond acceptors (Lipinski definition) is 6. The summed E-state index contributed by atoms with van der Waals surface area (Å²) in [5.74, 6) is 0. The normalized spacial score (nSPS) is 11.1. The van der Waals surface area contributed by atoms with E-state index < -0.39 is 10.0 Å². The molecule has 1 N–H and O–H groups in total. The minimum absolute atomic E-state index is 0.129. The molecule has 2 aromatic heterocycles. The summed E-state index contributed by atoms with van der Waals surface area (Å²) in [4.78, 5) is 3.58. The fraction of sp³-hybridized carbons (Fsp3) is 0.200. The quantitative estimate of drug-likeness (QED) is 0.790. The maximum absolute atomic E-state index is 12.0. The number of aromatic nitrogens is 4. The van der Waals surface area contributed by atoms with E-state index in [1.807, 2.05) is 0 Å². The molecule has 0 bridgehead atoms. The molecule has 0 aromatic carbocycles. The Bertz CT molecular complexity index is 689. The summed E-state index contributed by atoms with van der Waals surface area (Å²) in [6.45, 7) is 0.493. The molecule has 2 aromatic rings. The van der Waals surface area contributed by atoms with Gasteiger partial charge in [0.15, 0.2) is 5.69 Å². The topological polar surface area (TPSA) is 114 Å². The molecule has 0 atom stereocenters. The van der Waals surface area contributed by atoms with Crippen LogP contribution in [0.3, 0.4) is 0 Å². The van der Waals surface area contributed by atoms with Crippen molar-refractivity contribution in [3.8, 4) is 6.07 Å². The molecule has 2 heterocycles. The van der Waals surface area contributed by atoms with Crippen molar-refractivity contribution in [2.45, 2.75) is 11.4 Å². The number of nitriles is 1. The van der Waals surface area contributed by atoms with Gasteiger partial charge >= 0.3 is 0 Å². The van der Waals surface area contributed by atoms with Crippen molar-refractivity contribution in [1.29, 1.82) is 5.26 Å². The standard InChI is InChI=1S/C10H10N6O2S/c11-8-9-10(2-1-3-12-9)19(17,18)14-5-7-16-6-4-13-15-16/h1-4,6,14H,5,7H2. The van der Waals surface area contributed by atoms with Crippen LogP contribution in [0.1, 0.15) is 5.69 Å². The van der Waals surface area contributed by atoms with Gasteiger partial charge in [-0.3, -0.25) is 4.68 Å². The first-order chi connectivity index (χ1) is 9.13. The highest BCUT2D eigenvalue weighted by molar-refractivity contribution is 7.89. The molecule has 0 unspecified atom stereocenters. The number of hydrogen-bond donors (Lipinski definition) is 1. The third-order valence-corrected chi connectivity index (χ3v) is 3.76. The zero-order valence-electron chi connectivity index (χ0n) is 9.76. The molecule has 0 aliphatic rings. The predicted octanol–water partition coefficient (Wildman–Crippen LogP) is -0.477. The van der Waals surface area contributed by atoms with Crippen molar-refractivity contribution in [2.24, 2.45) is 0 Å². The lowest BCUT2D eigenvalue weighted by molar-refractivity contribution is 0.552. The Morgan fingerprint density at radius 1 is 1.42 bits per heavy atom. The zero-order valence-corrected chi connectivity index (χ0v) is 10.6. The smallest absolute Gasteiger partial charge is 0.243 e. The van der Waals surface area contributed by atoms with Crippen LogP contribution in [0.5, 0.6) is 0 Å². The van der Waals surface area contributed by atoms with Crippen LogP contribution in [0, 0.1) is 11.3 Å². The van der Waals surface area contributed by atoms with Gasteiger partial charge in [-0.1, -0.05) is 5.21 Å². The van der Waals surface area contributed by atoms with Crippen molar-refractivity contribution < 1.29 is 8.42 Å². The maximum atomic E-state index is 12.0. The number of sulfonamides is 1. The predicted molar refractivity (Wildman–Crippen MR) is 64.2 cm³/mol. The first-order valence-corrected chi connectivity index (χ1v) is 6.81. The molecule has 0 aliphatic carbocycles. The fourth-order valence-corrected chi connectivity index (χ4v) is 2.54. The molecule has 0 aliphatic heterocycles. The van der Waals surface area contributed by atoms with E-state index in [0.29, 0.717) is 6.54 Å². The van der Waals surface area contributed by atoms with Gasteiger partial charge in [0.25, 0.3) is 0 Å². The van der Waals surface area contributed by atoms with Gasteiger partial charge in [-0.25, -0.2) is 18.1 Å². The molecule has 8 nitrogen and oxygen atoms in total. The minimum Gasteiger partial charge on any atom is -0.251 e. The SMILES string of the molecule is N#Cc1ncccc1S(=O)(=O)NCCn1ccnn1. The largest absolute Gasteiger partial charge is 0.251 e. The van der Waals surface area contributed by atoms with E-state index in [2.05, 4.69) is 20.0 Å². The molecule has 0 radical (unpaired) electrons. The summed E-state index contributed by atoms with van der Waals surface area (Å²) in [5, 5.41) is 16.1. The second kappa shape index (κ2) is 5.55. The summed E-state index contributed by atoms with van der Waals surface area (Å²) in [7, 11) is -3.75. The van der Waals surface area contributed by atoms with Gasteiger partial charge < -0.3 is 0 Å². The third-order valence-electron chi connectivity index (χ3n) is 2.27. The lowest BCUT2D eigenvalue weighted by Crippen LogP contribution is -2.28. The van der Waals surface area contributed by atoms with Gasteiger partial charge in [0, 0.05) is 18.9 Å². The number of nitrogens with zero attached hydrogens (tertiary/aromatic N) is 5. The number of nitrogens with one attached hydrogen (secondary N) is 1. The Morgan fingerprint density at radius 3 is 2.95 bits per heavy atom. The first kappa shape index (κ1) is 13.1. The van der Waals surface area contributed by atoms with E-state index in [4.69, 9.17) is 5.26 Å². The lowest BCUT2D eigenvalue weighted by atomic mass is 10.4. The van der Waals surface area contributed by atoms with Gasteiger partial charge in [0.05, 0.1) is 12.7 Å². The fourth-order valence-electron chi connectivity index (χ4n) is 1.42. The van der Waals surface area contributed by atoms with Crippen molar-refractivity contribution in [3.63, 3.8) is 0 Å². The van der Waals surface area contributed by atoms with Crippen LogP contribution in [-0.4, -0.2) is 34.9 Å². The highest BCUT2D eigenvalue weighted by atomic mass is 32.2. The molecule has 9 heteroatoms. The molecule has 0 saturated carbocycles. The summed E-state index contributed by atoms with van der Waals surface area (Å²) in [5.41, 5.74) is -0.129. The van der Waals surface area contributed by atoms with Crippen molar-refractivity contribution in [3.05, 3.63) is 36.4 Å². The summed E-state index contributed by atoms with van der Waals surface area (Å²) >= 11 is 0. The molecule has 98 valence electrons. The highest BCUT2D eigenvalue weighted by Gasteiger charge is 2.18. The van der Waals surface area contributed by atoms with Gasteiger partial charge in [-0.15, -0.1) is 5.10 Å². The van der Waals surface area contributed by atoms with Crippen LogP contribution >= 0.6 is 0 Å². The monoisotopic (exact) mass is 278 g/mol. The molecular weight excluding hydrogens is 268 g/mol.